The number of hydrogen-bond donors (Lipinski definition) is 1. The summed E-state index contributed by atoms with van der Waals surface area (Å²) in [4.78, 5) is 0. The molecule has 0 aliphatic rings. The van der Waals surface area contributed by atoms with Crippen LogP contribution in [-0.2, 0) is 33.6 Å². The van der Waals surface area contributed by atoms with Crippen LogP contribution in [0.4, 0.5) is 39.5 Å². The van der Waals surface area contributed by atoms with E-state index in [1.165, 1.54) is 24.2 Å². The number of rotatable bonds is 6. The summed E-state index contributed by atoms with van der Waals surface area (Å²) in [6, 6.07) is 2.23. The van der Waals surface area contributed by atoms with Crippen LogP contribution in [0.25, 0.3) is 0 Å². The highest BCUT2D eigenvalue weighted by Gasteiger charge is 2.67. The van der Waals surface area contributed by atoms with Gasteiger partial charge in [-0.05, 0) is 13.3 Å². The SMILES string of the molecule is CCCCn1c(C)cc(C)[n+]1C.O=S(=O)([NH+](CC(F)(F)F)S(=O)(=O)C(F)(F)F)C(F)(F)F. The average molecular weight is 531 g/mol. The molecule has 0 unspecified atom stereocenters. The van der Waals surface area contributed by atoms with Crippen molar-refractivity contribution in [2.45, 2.75) is 57.4 Å². The third kappa shape index (κ3) is 7.50. The van der Waals surface area contributed by atoms with Crippen LogP contribution < -0.4 is 8.39 Å². The van der Waals surface area contributed by atoms with Gasteiger partial charge in [-0.3, -0.25) is 0 Å². The highest BCUT2D eigenvalue weighted by molar-refractivity contribution is 7.97. The minimum atomic E-state index is -7.32. The first-order valence-electron chi connectivity index (χ1n) is 8.59. The van der Waals surface area contributed by atoms with Crippen LogP contribution in [0.3, 0.4) is 0 Å². The third-order valence-electron chi connectivity index (χ3n) is 3.97. The Kier molecular flexibility index (Phi) is 9.65. The van der Waals surface area contributed by atoms with Crippen molar-refractivity contribution in [3.8, 4) is 0 Å². The highest BCUT2D eigenvalue weighted by Crippen LogP contribution is 2.25. The van der Waals surface area contributed by atoms with E-state index in [-0.39, 0.29) is 0 Å². The predicted molar refractivity (Wildman–Crippen MR) is 91.8 cm³/mol. The summed E-state index contributed by atoms with van der Waals surface area (Å²) in [5, 5.41) is 0. The molecular weight excluding hydrogens is 509 g/mol. The van der Waals surface area contributed by atoms with Crippen LogP contribution in [-0.4, -0.2) is 45.3 Å². The predicted octanol–water partition coefficient (Wildman–Crippen LogP) is 1.86. The number of alkyl halides is 9. The summed E-state index contributed by atoms with van der Waals surface area (Å²) in [5.74, 6) is 0. The molecule has 0 fully saturated rings. The smallest absolute Gasteiger partial charge is 0.165 e. The fraction of sp³-hybridized carbons (Fsp3) is 0.786. The molecule has 0 amide bonds. The average Bonchev–Trinajstić information content (AvgIpc) is 2.80. The molecule has 190 valence electrons. The molecule has 1 aromatic heterocycles. The van der Waals surface area contributed by atoms with Crippen LogP contribution >= 0.6 is 0 Å². The summed E-state index contributed by atoms with van der Waals surface area (Å²) in [6.45, 7) is 4.27. The molecule has 1 N–H and O–H groups in total. The lowest BCUT2D eigenvalue weighted by atomic mass is 10.3. The summed E-state index contributed by atoms with van der Waals surface area (Å²) in [6.07, 6.45) is -3.40. The first kappa shape index (κ1) is 30.4. The zero-order valence-corrected chi connectivity index (χ0v) is 18.8. The van der Waals surface area contributed by atoms with Gasteiger partial charge in [0.1, 0.15) is 0 Å². The van der Waals surface area contributed by atoms with Gasteiger partial charge in [-0.25, -0.2) is 0 Å². The summed E-state index contributed by atoms with van der Waals surface area (Å²) < 4.78 is 151. The van der Waals surface area contributed by atoms with Crippen molar-refractivity contribution >= 4 is 20.0 Å². The molecule has 0 bridgehead atoms. The van der Waals surface area contributed by atoms with Gasteiger partial charge in [0.2, 0.25) is 12.2 Å². The van der Waals surface area contributed by atoms with Gasteiger partial charge in [0.25, 0.3) is 0 Å². The van der Waals surface area contributed by atoms with Crippen LogP contribution in [0.15, 0.2) is 6.07 Å². The van der Waals surface area contributed by atoms with E-state index >= 15 is 0 Å². The van der Waals surface area contributed by atoms with Gasteiger partial charge in [-0.1, -0.05) is 13.3 Å². The summed E-state index contributed by atoms with van der Waals surface area (Å²) in [5.41, 5.74) is -10.6. The van der Waals surface area contributed by atoms with Gasteiger partial charge in [0.05, 0.1) is 12.2 Å². The minimum Gasteiger partial charge on any atom is -0.165 e. The fourth-order valence-corrected chi connectivity index (χ4v) is 5.23. The molecular formula is C14H22F9N3O4S2+2. The molecule has 0 saturated heterocycles. The van der Waals surface area contributed by atoms with E-state index in [1.54, 1.807) is 0 Å². The number of halogens is 9. The maximum absolute atomic E-state index is 12.0. The Morgan fingerprint density at radius 3 is 1.56 bits per heavy atom. The molecule has 32 heavy (non-hydrogen) atoms. The normalized spacial score (nSPS) is 13.8. The Morgan fingerprint density at radius 1 is 0.906 bits per heavy atom. The quantitative estimate of drug-likeness (QED) is 0.449. The lowest BCUT2D eigenvalue weighted by molar-refractivity contribution is -0.759. The zero-order chi connectivity index (χ0) is 25.9. The monoisotopic (exact) mass is 531 g/mol. The lowest BCUT2D eigenvalue weighted by Crippen LogP contribution is -3.19. The van der Waals surface area contributed by atoms with Crippen LogP contribution in [0.1, 0.15) is 31.2 Å². The maximum Gasteiger partial charge on any atom is 0.550 e. The second-order valence-corrected chi connectivity index (χ2v) is 10.7. The zero-order valence-electron chi connectivity index (χ0n) is 17.2. The molecule has 18 heteroatoms. The van der Waals surface area contributed by atoms with Gasteiger partial charge < -0.3 is 0 Å². The summed E-state index contributed by atoms with van der Waals surface area (Å²) in [7, 11) is -12.5. The number of quaternary nitrogens is 1. The van der Waals surface area contributed by atoms with Crippen molar-refractivity contribution in [2.24, 2.45) is 7.05 Å². The Morgan fingerprint density at radius 2 is 1.31 bits per heavy atom. The van der Waals surface area contributed by atoms with E-state index in [9.17, 15) is 56.3 Å². The van der Waals surface area contributed by atoms with Gasteiger partial charge >= 0.3 is 37.2 Å². The molecule has 1 aromatic rings. The Balaban J connectivity index is 0.000000677. The van der Waals surface area contributed by atoms with Crippen molar-refractivity contribution in [1.29, 1.82) is 0 Å². The topological polar surface area (TPSA) is 81.5 Å². The minimum absolute atomic E-state index is 1.15. The molecule has 0 atom stereocenters. The van der Waals surface area contributed by atoms with Crippen molar-refractivity contribution in [3.63, 3.8) is 0 Å². The van der Waals surface area contributed by atoms with Gasteiger partial charge in [0, 0.05) is 13.0 Å². The molecule has 0 aliphatic carbocycles. The van der Waals surface area contributed by atoms with E-state index in [2.05, 4.69) is 43.2 Å². The fourth-order valence-electron chi connectivity index (χ4n) is 2.29. The van der Waals surface area contributed by atoms with E-state index < -0.39 is 47.5 Å². The van der Waals surface area contributed by atoms with Crippen molar-refractivity contribution in [1.82, 2.24) is 4.68 Å². The van der Waals surface area contributed by atoms with E-state index in [0.29, 0.717) is 0 Å². The number of nitrogens with one attached hydrogen (secondary N) is 1. The Labute approximate surface area is 178 Å². The summed E-state index contributed by atoms with van der Waals surface area (Å²) >= 11 is 0. The largest absolute Gasteiger partial charge is 0.550 e. The van der Waals surface area contributed by atoms with Crippen molar-refractivity contribution < 1.29 is 64.7 Å². The van der Waals surface area contributed by atoms with E-state index in [1.807, 2.05) is 0 Å². The van der Waals surface area contributed by atoms with Crippen LogP contribution in [0, 0.1) is 13.8 Å². The van der Waals surface area contributed by atoms with Crippen molar-refractivity contribution in [2.75, 3.05) is 6.54 Å². The first-order valence-corrected chi connectivity index (χ1v) is 11.6. The molecule has 0 spiro atoms. The number of hydrogen-bond acceptors (Lipinski definition) is 4. The third-order valence-corrected chi connectivity index (χ3v) is 8.00. The van der Waals surface area contributed by atoms with Crippen LogP contribution in [0.2, 0.25) is 0 Å². The Bertz CT molecular complexity index is 935. The van der Waals surface area contributed by atoms with Gasteiger partial charge in [-0.15, -0.1) is 8.39 Å². The molecule has 7 nitrogen and oxygen atoms in total. The maximum atomic E-state index is 12.0. The van der Waals surface area contributed by atoms with Gasteiger partial charge in [0.15, 0.2) is 7.05 Å². The number of aryl methyl sites for hydroxylation is 2. The molecule has 1 heterocycles. The highest BCUT2D eigenvalue weighted by atomic mass is 32.3. The molecule has 0 aromatic carbocycles. The van der Waals surface area contributed by atoms with E-state index in [0.717, 1.165) is 6.54 Å². The second-order valence-electron chi connectivity index (χ2n) is 6.49. The van der Waals surface area contributed by atoms with E-state index in [4.69, 9.17) is 0 Å². The van der Waals surface area contributed by atoms with Gasteiger partial charge in [-0.2, -0.15) is 61.0 Å². The molecule has 0 aliphatic heterocycles. The Hall–Kier alpha value is -1.56. The standard InChI is InChI=1S/C10H19N2.C4H2F9NO4S2/c1-5-6-7-12-10(3)8-9(2)11(12)4;5-2(6,7)1-14(19(15,16)3(8,9)10)20(17,18)4(11,12)13/h8H,5-7H2,1-4H3;1H2/q+1;/p+1. The van der Waals surface area contributed by atoms with Crippen molar-refractivity contribution in [3.05, 3.63) is 17.5 Å². The number of unbranched alkanes of at least 4 members (excludes halogenated alkanes) is 1. The first-order chi connectivity index (χ1) is 14.0. The number of nitrogens with zero attached hydrogens (tertiary/aromatic N) is 2. The molecule has 1 rings (SSSR count). The van der Waals surface area contributed by atoms with Crippen LogP contribution in [0.5, 0.6) is 0 Å². The molecule has 0 saturated carbocycles. The molecule has 0 radical (unpaired) electrons. The second kappa shape index (κ2) is 10.1. The number of aromatic nitrogens is 2. The number of sulfonamides is 2. The lowest BCUT2D eigenvalue weighted by Gasteiger charge is -2.21.